The second kappa shape index (κ2) is 6.60. The number of thioether (sulfide) groups is 1. The number of amidine groups is 2. The third kappa shape index (κ3) is 2.76. The van der Waals surface area contributed by atoms with Gasteiger partial charge in [-0.15, -0.1) is 0 Å². The molecule has 2 aliphatic heterocycles. The number of nitrogens with zero attached hydrogens (tertiary/aromatic N) is 3. The van der Waals surface area contributed by atoms with Crippen molar-refractivity contribution in [2.45, 2.75) is 13.8 Å². The summed E-state index contributed by atoms with van der Waals surface area (Å²) < 4.78 is 2.20. The largest absolute Gasteiger partial charge is 0.317 e. The van der Waals surface area contributed by atoms with Crippen LogP contribution < -0.4 is 0 Å². The molecule has 3 aromatic rings. The van der Waals surface area contributed by atoms with E-state index in [4.69, 9.17) is 5.41 Å². The second-order valence-corrected chi connectivity index (χ2v) is 7.91. The lowest BCUT2D eigenvalue weighted by molar-refractivity contribution is -0.114. The summed E-state index contributed by atoms with van der Waals surface area (Å²) in [6.45, 7) is 4.10. The predicted octanol–water partition coefficient (Wildman–Crippen LogP) is 5.02. The van der Waals surface area contributed by atoms with Crippen molar-refractivity contribution in [2.24, 2.45) is 4.99 Å². The highest BCUT2D eigenvalue weighted by Gasteiger charge is 2.31. The number of fused-ring (bicyclic) bond motifs is 2. The number of carbonyl (C=O) groups excluding carboxylic acids is 1. The van der Waals surface area contributed by atoms with Gasteiger partial charge in [0.2, 0.25) is 0 Å². The predicted molar refractivity (Wildman–Crippen MR) is 119 cm³/mol. The maximum Gasteiger partial charge on any atom is 0.283 e. The van der Waals surface area contributed by atoms with Gasteiger partial charge in [-0.05, 0) is 48.4 Å². The molecule has 1 N–H and O–H groups in total. The van der Waals surface area contributed by atoms with Crippen molar-refractivity contribution in [3.05, 3.63) is 82.7 Å². The smallest absolute Gasteiger partial charge is 0.283 e. The molecular formula is C23H18N4OS. The first kappa shape index (κ1) is 17.7. The molecule has 29 heavy (non-hydrogen) atoms. The van der Waals surface area contributed by atoms with Crippen LogP contribution in [0.25, 0.3) is 22.5 Å². The Balaban J connectivity index is 1.64. The van der Waals surface area contributed by atoms with E-state index in [0.29, 0.717) is 10.7 Å². The van der Waals surface area contributed by atoms with Gasteiger partial charge in [-0.2, -0.15) is 4.99 Å². The Morgan fingerprint density at radius 3 is 2.76 bits per heavy atom. The fraction of sp³-hybridized carbons (Fsp3) is 0.0870. The van der Waals surface area contributed by atoms with Gasteiger partial charge in [0.25, 0.3) is 5.91 Å². The normalized spacial score (nSPS) is 17.4. The highest BCUT2D eigenvalue weighted by Crippen LogP contribution is 2.31. The number of aliphatic imine (C=N–C) groups is 1. The van der Waals surface area contributed by atoms with Crippen LogP contribution in [0.1, 0.15) is 17.0 Å². The lowest BCUT2D eigenvalue weighted by atomic mass is 10.1. The van der Waals surface area contributed by atoms with E-state index in [9.17, 15) is 4.79 Å². The summed E-state index contributed by atoms with van der Waals surface area (Å²) in [4.78, 5) is 18.3. The molecule has 6 heteroatoms. The molecule has 2 aromatic carbocycles. The maximum absolute atomic E-state index is 12.5. The van der Waals surface area contributed by atoms with Gasteiger partial charge in [-0.1, -0.05) is 48.2 Å². The Hall–Kier alpha value is -3.38. The fourth-order valence-corrected chi connectivity index (χ4v) is 4.60. The minimum Gasteiger partial charge on any atom is -0.317 e. The standard InChI is InChI=1S/C23H18N4OS/c1-14-12-17(13-19-21(24)26-10-11-29-23(26)25-22(19)28)15(2)27(14)20-9-5-7-16-6-3-4-8-18(16)20/h3-13,24H,1-2H3/b19-13-,24-21?. The fourth-order valence-electron chi connectivity index (χ4n) is 3.89. The Morgan fingerprint density at radius 2 is 1.90 bits per heavy atom. The monoisotopic (exact) mass is 398 g/mol. The van der Waals surface area contributed by atoms with Crippen LogP contribution in [0.3, 0.4) is 0 Å². The first-order valence-electron chi connectivity index (χ1n) is 9.28. The Labute approximate surface area is 172 Å². The second-order valence-electron chi connectivity index (χ2n) is 7.04. The number of aromatic nitrogens is 1. The summed E-state index contributed by atoms with van der Waals surface area (Å²) >= 11 is 1.35. The van der Waals surface area contributed by atoms with Crippen molar-refractivity contribution in [3.8, 4) is 5.69 Å². The number of benzene rings is 2. The van der Waals surface area contributed by atoms with E-state index in [1.54, 1.807) is 17.2 Å². The number of amides is 1. The van der Waals surface area contributed by atoms with Crippen LogP contribution in [0.2, 0.25) is 0 Å². The summed E-state index contributed by atoms with van der Waals surface area (Å²) in [6.07, 6.45) is 3.55. The summed E-state index contributed by atoms with van der Waals surface area (Å²) in [5.74, 6) is -0.205. The van der Waals surface area contributed by atoms with E-state index < -0.39 is 0 Å². The van der Waals surface area contributed by atoms with Gasteiger partial charge in [0.15, 0.2) is 5.17 Å². The highest BCUT2D eigenvalue weighted by molar-refractivity contribution is 8.16. The molecule has 0 bridgehead atoms. The number of nitrogens with one attached hydrogen (secondary N) is 1. The van der Waals surface area contributed by atoms with E-state index in [1.807, 2.05) is 24.5 Å². The summed E-state index contributed by atoms with van der Waals surface area (Å²) in [6, 6.07) is 16.6. The van der Waals surface area contributed by atoms with Crippen molar-refractivity contribution < 1.29 is 4.79 Å². The van der Waals surface area contributed by atoms with Gasteiger partial charge in [-0.3, -0.25) is 15.1 Å². The molecule has 142 valence electrons. The SMILES string of the molecule is Cc1cc(/C=C2/C(=N)N3C=CSC3=NC2=O)c(C)n1-c1cccc2ccccc12. The topological polar surface area (TPSA) is 61.5 Å². The van der Waals surface area contributed by atoms with Crippen LogP contribution in [0.15, 0.2) is 70.7 Å². The average molecular weight is 398 g/mol. The van der Waals surface area contributed by atoms with Crippen LogP contribution in [0.4, 0.5) is 0 Å². The number of rotatable bonds is 2. The van der Waals surface area contributed by atoms with Crippen molar-refractivity contribution >= 4 is 45.5 Å². The van der Waals surface area contributed by atoms with Crippen LogP contribution in [0, 0.1) is 19.3 Å². The molecule has 0 fully saturated rings. The van der Waals surface area contributed by atoms with Gasteiger partial charge in [0.05, 0.1) is 11.3 Å². The average Bonchev–Trinajstić information content (AvgIpc) is 3.29. The van der Waals surface area contributed by atoms with E-state index in [0.717, 1.165) is 22.6 Å². The zero-order valence-electron chi connectivity index (χ0n) is 16.0. The van der Waals surface area contributed by atoms with E-state index >= 15 is 0 Å². The molecule has 0 aliphatic carbocycles. The van der Waals surface area contributed by atoms with Gasteiger partial charge >= 0.3 is 0 Å². The Morgan fingerprint density at radius 1 is 1.10 bits per heavy atom. The molecule has 5 nitrogen and oxygen atoms in total. The van der Waals surface area contributed by atoms with Crippen LogP contribution in [0.5, 0.6) is 0 Å². The zero-order valence-corrected chi connectivity index (χ0v) is 16.8. The molecule has 1 aromatic heterocycles. The lowest BCUT2D eigenvalue weighted by Crippen LogP contribution is -2.35. The molecule has 2 aliphatic rings. The van der Waals surface area contributed by atoms with Gasteiger partial charge in [-0.25, -0.2) is 0 Å². The number of hydrogen-bond acceptors (Lipinski definition) is 3. The molecule has 0 spiro atoms. The van der Waals surface area contributed by atoms with E-state index in [2.05, 4.69) is 52.9 Å². The summed E-state index contributed by atoms with van der Waals surface area (Å²) in [5, 5.41) is 13.2. The van der Waals surface area contributed by atoms with Gasteiger partial charge in [0.1, 0.15) is 5.84 Å². The first-order valence-corrected chi connectivity index (χ1v) is 10.2. The molecule has 0 radical (unpaired) electrons. The Bertz CT molecular complexity index is 1290. The molecular weight excluding hydrogens is 380 g/mol. The number of aryl methyl sites for hydroxylation is 1. The van der Waals surface area contributed by atoms with Crippen LogP contribution in [-0.4, -0.2) is 26.4 Å². The molecule has 0 saturated heterocycles. The first-order chi connectivity index (χ1) is 14.0. The van der Waals surface area contributed by atoms with E-state index in [1.165, 1.54) is 22.5 Å². The molecule has 3 heterocycles. The minimum absolute atomic E-state index is 0.163. The highest BCUT2D eigenvalue weighted by atomic mass is 32.2. The molecule has 0 saturated carbocycles. The van der Waals surface area contributed by atoms with Crippen LogP contribution >= 0.6 is 11.8 Å². The van der Waals surface area contributed by atoms with Crippen molar-refractivity contribution in [2.75, 3.05) is 0 Å². The Kier molecular flexibility index (Phi) is 4.03. The van der Waals surface area contributed by atoms with Gasteiger partial charge < -0.3 is 4.57 Å². The third-order valence-electron chi connectivity index (χ3n) is 5.29. The van der Waals surface area contributed by atoms with Crippen molar-refractivity contribution in [1.29, 1.82) is 5.41 Å². The lowest BCUT2D eigenvalue weighted by Gasteiger charge is -2.22. The van der Waals surface area contributed by atoms with Crippen molar-refractivity contribution in [3.63, 3.8) is 0 Å². The van der Waals surface area contributed by atoms with E-state index in [-0.39, 0.29) is 11.7 Å². The van der Waals surface area contributed by atoms with Crippen LogP contribution in [-0.2, 0) is 4.79 Å². The maximum atomic E-state index is 12.5. The summed E-state index contributed by atoms with van der Waals surface area (Å²) in [7, 11) is 0. The minimum atomic E-state index is -0.368. The third-order valence-corrected chi connectivity index (χ3v) is 6.05. The van der Waals surface area contributed by atoms with Crippen molar-refractivity contribution in [1.82, 2.24) is 9.47 Å². The number of hydrogen-bond donors (Lipinski definition) is 1. The summed E-state index contributed by atoms with van der Waals surface area (Å²) in [5.41, 5.74) is 4.42. The zero-order chi connectivity index (χ0) is 20.1. The van der Waals surface area contributed by atoms with Gasteiger partial charge in [0, 0.05) is 23.0 Å². The molecule has 0 unspecified atom stereocenters. The molecule has 1 amide bonds. The number of carbonyl (C=O) groups is 1. The molecule has 0 atom stereocenters. The quantitative estimate of drug-likeness (QED) is 0.616. The molecule has 5 rings (SSSR count).